The van der Waals surface area contributed by atoms with Crippen molar-refractivity contribution >= 4 is 21.9 Å². The summed E-state index contributed by atoms with van der Waals surface area (Å²) in [7, 11) is 0. The summed E-state index contributed by atoms with van der Waals surface area (Å²) in [4.78, 5) is 15.0. The molecule has 0 spiro atoms. The number of esters is 1. The number of aromatic nitrogens is 1. The van der Waals surface area contributed by atoms with E-state index in [1.807, 2.05) is 0 Å². The molecule has 1 aromatic heterocycles. The van der Waals surface area contributed by atoms with Crippen LogP contribution in [-0.4, -0.2) is 17.6 Å². The quantitative estimate of drug-likeness (QED) is 0.502. The van der Waals surface area contributed by atoms with Gasteiger partial charge in [-0.3, -0.25) is 0 Å². The molecule has 0 bridgehead atoms. The third-order valence-corrected chi connectivity index (χ3v) is 3.71. The maximum Gasteiger partial charge on any atom is 0.434 e. The number of carbonyl (C=O) groups excluding carboxylic acids is 1. The number of nitrogens with zero attached hydrogens (tertiary/aromatic N) is 1. The second-order valence-electron chi connectivity index (χ2n) is 5.13. The molecular weight excluding hydrogens is 389 g/mol. The van der Waals surface area contributed by atoms with Crippen LogP contribution in [0.4, 0.5) is 22.0 Å². The molecule has 0 aliphatic heterocycles. The van der Waals surface area contributed by atoms with Gasteiger partial charge in [-0.05, 0) is 40.8 Å². The second kappa shape index (κ2) is 7.55. The Kier molecular flexibility index (Phi) is 6.49. The van der Waals surface area contributed by atoms with E-state index in [9.17, 15) is 26.7 Å². The van der Waals surface area contributed by atoms with Gasteiger partial charge < -0.3 is 4.74 Å². The normalized spacial score (nSPS) is 12.1. The van der Waals surface area contributed by atoms with Crippen LogP contribution in [0.2, 0.25) is 0 Å². The molecule has 0 unspecified atom stereocenters. The third-order valence-electron chi connectivity index (χ3n) is 2.83. The summed E-state index contributed by atoms with van der Waals surface area (Å²) < 4.78 is 70.0. The summed E-state index contributed by atoms with van der Waals surface area (Å²) in [6, 6.07) is 0. The van der Waals surface area contributed by atoms with E-state index in [1.165, 1.54) is 6.92 Å². The molecule has 0 aromatic carbocycles. The van der Waals surface area contributed by atoms with Crippen LogP contribution in [0, 0.1) is 5.92 Å². The summed E-state index contributed by atoms with van der Waals surface area (Å²) in [6.45, 7) is 4.67. The first kappa shape index (κ1) is 19.8. The van der Waals surface area contributed by atoms with Gasteiger partial charge in [-0.15, -0.1) is 0 Å². The van der Waals surface area contributed by atoms with Crippen molar-refractivity contribution < 1.29 is 31.5 Å². The van der Waals surface area contributed by atoms with E-state index in [0.717, 1.165) is 0 Å². The van der Waals surface area contributed by atoms with Crippen molar-refractivity contribution in [1.82, 2.24) is 4.98 Å². The predicted molar refractivity (Wildman–Crippen MR) is 76.4 cm³/mol. The highest BCUT2D eigenvalue weighted by atomic mass is 79.9. The number of hydrogen-bond donors (Lipinski definition) is 0. The molecule has 0 N–H and O–H groups in total. The molecule has 0 aliphatic rings. The fourth-order valence-electron chi connectivity index (χ4n) is 2.01. The molecule has 0 radical (unpaired) electrons. The fourth-order valence-corrected chi connectivity index (χ4v) is 2.63. The molecule has 0 fully saturated rings. The van der Waals surface area contributed by atoms with Crippen molar-refractivity contribution in [1.29, 1.82) is 0 Å². The first-order chi connectivity index (χ1) is 10.5. The van der Waals surface area contributed by atoms with E-state index in [-0.39, 0.29) is 29.0 Å². The number of pyridine rings is 1. The highest BCUT2D eigenvalue weighted by molar-refractivity contribution is 9.10. The molecule has 23 heavy (non-hydrogen) atoms. The Bertz CT molecular complexity index is 588. The summed E-state index contributed by atoms with van der Waals surface area (Å²) >= 11 is 2.86. The van der Waals surface area contributed by atoms with E-state index in [4.69, 9.17) is 0 Å². The van der Waals surface area contributed by atoms with Gasteiger partial charge in [0.2, 0.25) is 0 Å². The van der Waals surface area contributed by atoms with Crippen LogP contribution >= 0.6 is 15.9 Å². The van der Waals surface area contributed by atoms with Crippen molar-refractivity contribution in [2.24, 2.45) is 5.92 Å². The second-order valence-corrected chi connectivity index (χ2v) is 5.92. The van der Waals surface area contributed by atoms with Crippen molar-refractivity contribution in [3.05, 3.63) is 27.0 Å². The molecule has 0 saturated heterocycles. The number of carbonyl (C=O) groups is 1. The zero-order valence-electron chi connectivity index (χ0n) is 12.6. The number of halogens is 6. The average Bonchev–Trinajstić information content (AvgIpc) is 2.38. The van der Waals surface area contributed by atoms with E-state index < -0.39 is 35.5 Å². The molecule has 9 heteroatoms. The van der Waals surface area contributed by atoms with E-state index in [2.05, 4.69) is 25.7 Å². The number of rotatable bonds is 5. The first-order valence-electron chi connectivity index (χ1n) is 6.75. The van der Waals surface area contributed by atoms with Crippen LogP contribution in [0.5, 0.6) is 0 Å². The predicted octanol–water partition coefficient (Wildman–Crippen LogP) is 5.18. The summed E-state index contributed by atoms with van der Waals surface area (Å²) in [5, 5.41) is 0. The highest BCUT2D eigenvalue weighted by Gasteiger charge is 2.41. The van der Waals surface area contributed by atoms with Crippen LogP contribution < -0.4 is 0 Å². The Morgan fingerprint density at radius 3 is 2.26 bits per heavy atom. The SMILES string of the molecule is CCOC(=O)c1c(C(F)(F)F)nc(C(F)F)c(Br)c1CC(C)C. The van der Waals surface area contributed by atoms with Gasteiger partial charge in [0, 0.05) is 4.47 Å². The number of alkyl halides is 5. The van der Waals surface area contributed by atoms with Crippen molar-refractivity contribution in [2.75, 3.05) is 6.61 Å². The van der Waals surface area contributed by atoms with E-state index >= 15 is 0 Å². The minimum atomic E-state index is -5.06. The van der Waals surface area contributed by atoms with Crippen molar-refractivity contribution in [3.63, 3.8) is 0 Å². The maximum absolute atomic E-state index is 13.2. The summed E-state index contributed by atoms with van der Waals surface area (Å²) in [5.41, 5.74) is -3.67. The van der Waals surface area contributed by atoms with Crippen molar-refractivity contribution in [2.45, 2.75) is 39.8 Å². The lowest BCUT2D eigenvalue weighted by Crippen LogP contribution is -2.22. The van der Waals surface area contributed by atoms with Gasteiger partial charge in [-0.2, -0.15) is 13.2 Å². The Labute approximate surface area is 138 Å². The minimum Gasteiger partial charge on any atom is -0.462 e. The monoisotopic (exact) mass is 403 g/mol. The van der Waals surface area contributed by atoms with Gasteiger partial charge in [0.1, 0.15) is 5.69 Å². The van der Waals surface area contributed by atoms with Gasteiger partial charge in [0.25, 0.3) is 6.43 Å². The lowest BCUT2D eigenvalue weighted by Gasteiger charge is -2.20. The molecule has 1 heterocycles. The molecular formula is C14H15BrF5NO2. The Balaban J connectivity index is 3.78. The Morgan fingerprint density at radius 2 is 1.87 bits per heavy atom. The van der Waals surface area contributed by atoms with Crippen LogP contribution in [0.3, 0.4) is 0 Å². The maximum atomic E-state index is 13.2. The molecule has 1 aromatic rings. The summed E-state index contributed by atoms with van der Waals surface area (Å²) in [5.74, 6) is -1.40. The molecule has 0 amide bonds. The van der Waals surface area contributed by atoms with E-state index in [0.29, 0.717) is 0 Å². The van der Waals surface area contributed by atoms with Crippen LogP contribution in [0.1, 0.15) is 54.5 Å². The average molecular weight is 404 g/mol. The number of hydrogen-bond acceptors (Lipinski definition) is 3. The van der Waals surface area contributed by atoms with Gasteiger partial charge in [0.15, 0.2) is 5.69 Å². The zero-order chi connectivity index (χ0) is 17.9. The summed E-state index contributed by atoms with van der Waals surface area (Å²) in [6.07, 6.45) is -8.29. The lowest BCUT2D eigenvalue weighted by molar-refractivity contribution is -0.142. The van der Waals surface area contributed by atoms with Crippen LogP contribution in [-0.2, 0) is 17.3 Å². The van der Waals surface area contributed by atoms with Crippen molar-refractivity contribution in [3.8, 4) is 0 Å². The molecule has 0 saturated carbocycles. The van der Waals surface area contributed by atoms with Gasteiger partial charge in [-0.25, -0.2) is 18.6 Å². The largest absolute Gasteiger partial charge is 0.462 e. The standard InChI is InChI=1S/C14H15BrF5NO2/c1-4-23-13(22)8-7(5-6(2)3)9(15)10(12(16)17)21-11(8)14(18,19)20/h6,12H,4-5H2,1-3H3. The first-order valence-corrected chi connectivity index (χ1v) is 7.54. The molecule has 3 nitrogen and oxygen atoms in total. The Morgan fingerprint density at radius 1 is 1.30 bits per heavy atom. The van der Waals surface area contributed by atoms with Gasteiger partial charge in [0.05, 0.1) is 12.2 Å². The molecule has 0 atom stereocenters. The van der Waals surface area contributed by atoms with Gasteiger partial charge >= 0.3 is 12.1 Å². The highest BCUT2D eigenvalue weighted by Crippen LogP contribution is 2.39. The zero-order valence-corrected chi connectivity index (χ0v) is 14.2. The smallest absolute Gasteiger partial charge is 0.434 e. The fraction of sp³-hybridized carbons (Fsp3) is 0.571. The van der Waals surface area contributed by atoms with Crippen LogP contribution in [0.25, 0.3) is 0 Å². The minimum absolute atomic E-state index is 0.0138. The number of ether oxygens (including phenoxy) is 1. The molecule has 0 aliphatic carbocycles. The van der Waals surface area contributed by atoms with E-state index in [1.54, 1.807) is 13.8 Å². The van der Waals surface area contributed by atoms with Gasteiger partial charge in [-0.1, -0.05) is 13.8 Å². The molecule has 1 rings (SSSR count). The topological polar surface area (TPSA) is 39.2 Å². The lowest BCUT2D eigenvalue weighted by atomic mass is 9.96. The van der Waals surface area contributed by atoms with Crippen LogP contribution in [0.15, 0.2) is 4.47 Å². The Hall–Kier alpha value is -1.25. The molecule has 130 valence electrons. The third kappa shape index (κ3) is 4.62.